The maximum Gasteiger partial charge on any atom is 0.303 e. The van der Waals surface area contributed by atoms with Gasteiger partial charge >= 0.3 is 5.97 Å². The zero-order chi connectivity index (χ0) is 24.8. The molecule has 0 fully saturated rings. The number of nitrogens with zero attached hydrogens (tertiary/aromatic N) is 1. The van der Waals surface area contributed by atoms with Gasteiger partial charge in [0.05, 0.1) is 17.6 Å². The molecule has 1 aromatic heterocycles. The van der Waals surface area contributed by atoms with E-state index in [4.69, 9.17) is 11.6 Å². The van der Waals surface area contributed by atoms with E-state index in [-0.39, 0.29) is 12.3 Å². The molecule has 0 bridgehead atoms. The molecule has 0 unspecified atom stereocenters. The highest BCUT2D eigenvalue weighted by Gasteiger charge is 2.17. The van der Waals surface area contributed by atoms with E-state index in [0.717, 1.165) is 51.7 Å². The molecular formula is C31H28ClNO2. The van der Waals surface area contributed by atoms with Crippen LogP contribution in [0.3, 0.4) is 0 Å². The normalized spacial score (nSPS) is 12.2. The van der Waals surface area contributed by atoms with E-state index in [9.17, 15) is 9.90 Å². The van der Waals surface area contributed by atoms with Crippen molar-refractivity contribution in [2.24, 2.45) is 0 Å². The quantitative estimate of drug-likeness (QED) is 0.261. The number of carbonyl (C=O) groups is 1. The lowest BCUT2D eigenvalue weighted by molar-refractivity contribution is -0.137. The molecule has 4 heteroatoms. The molecular weight excluding hydrogens is 454 g/mol. The number of carboxylic acids is 1. The van der Waals surface area contributed by atoms with E-state index >= 15 is 0 Å². The van der Waals surface area contributed by atoms with Gasteiger partial charge in [0.1, 0.15) is 0 Å². The van der Waals surface area contributed by atoms with Crippen LogP contribution in [-0.4, -0.2) is 16.1 Å². The average molecular weight is 482 g/mol. The van der Waals surface area contributed by atoms with Crippen molar-refractivity contribution in [3.05, 3.63) is 118 Å². The lowest BCUT2D eigenvalue weighted by Gasteiger charge is -2.17. The molecule has 0 aliphatic heterocycles. The molecule has 0 aliphatic carbocycles. The van der Waals surface area contributed by atoms with Crippen molar-refractivity contribution >= 4 is 46.2 Å². The number of pyridine rings is 1. The zero-order valence-corrected chi connectivity index (χ0v) is 20.5. The Morgan fingerprint density at radius 1 is 1.03 bits per heavy atom. The number of aromatic nitrogens is 1. The van der Waals surface area contributed by atoms with E-state index in [1.54, 1.807) is 0 Å². The second-order valence-corrected chi connectivity index (χ2v) is 9.28. The van der Waals surface area contributed by atoms with Crippen molar-refractivity contribution in [3.8, 4) is 0 Å². The number of fused-ring (bicyclic) bond motifs is 1. The van der Waals surface area contributed by atoms with Crippen LogP contribution in [0.2, 0.25) is 5.02 Å². The minimum absolute atomic E-state index is 0.0834. The van der Waals surface area contributed by atoms with Crippen LogP contribution >= 0.6 is 11.6 Å². The maximum absolute atomic E-state index is 11.7. The van der Waals surface area contributed by atoms with Gasteiger partial charge in [0, 0.05) is 10.4 Å². The summed E-state index contributed by atoms with van der Waals surface area (Å²) in [4.78, 5) is 16.3. The fourth-order valence-electron chi connectivity index (χ4n) is 4.38. The highest BCUT2D eigenvalue weighted by atomic mass is 35.5. The molecule has 3 aromatic carbocycles. The molecule has 1 N–H and O–H groups in total. The summed E-state index contributed by atoms with van der Waals surface area (Å²) in [7, 11) is 0. The first-order chi connectivity index (χ1) is 16.9. The van der Waals surface area contributed by atoms with Crippen molar-refractivity contribution in [3.63, 3.8) is 0 Å². The number of rotatable bonds is 9. The van der Waals surface area contributed by atoms with Gasteiger partial charge in [-0.15, -0.1) is 0 Å². The van der Waals surface area contributed by atoms with E-state index in [2.05, 4.69) is 29.8 Å². The lowest BCUT2D eigenvalue weighted by atomic mass is 9.87. The maximum atomic E-state index is 11.7. The number of carboxylic acid groups (broad SMARTS) is 1. The monoisotopic (exact) mass is 481 g/mol. The summed E-state index contributed by atoms with van der Waals surface area (Å²) in [6, 6.07) is 26.0. The topological polar surface area (TPSA) is 50.2 Å². The summed E-state index contributed by atoms with van der Waals surface area (Å²) in [5.41, 5.74) is 7.09. The van der Waals surface area contributed by atoms with Crippen molar-refractivity contribution in [2.75, 3.05) is 0 Å². The highest BCUT2D eigenvalue weighted by Crippen LogP contribution is 2.29. The van der Waals surface area contributed by atoms with Gasteiger partial charge in [-0.3, -0.25) is 4.79 Å². The van der Waals surface area contributed by atoms with Crippen molar-refractivity contribution < 1.29 is 9.90 Å². The van der Waals surface area contributed by atoms with Crippen LogP contribution < -0.4 is 0 Å². The number of hydrogen-bond donors (Lipinski definition) is 1. The Bertz CT molecular complexity index is 1410. The number of aryl methyl sites for hydroxylation is 1. The first-order valence-electron chi connectivity index (χ1n) is 11.7. The SMILES string of the molecule is C=C(C)c1ccccc1CC[C@@H](CC(=O)O)c1cccc(/C=C/c2ccc3ccc(Cl)cc3n2)c1. The Morgan fingerprint density at radius 3 is 2.63 bits per heavy atom. The van der Waals surface area contributed by atoms with Crippen LogP contribution in [0.4, 0.5) is 0 Å². The Morgan fingerprint density at radius 2 is 1.83 bits per heavy atom. The zero-order valence-electron chi connectivity index (χ0n) is 19.7. The fourth-order valence-corrected chi connectivity index (χ4v) is 4.55. The van der Waals surface area contributed by atoms with E-state index in [1.165, 1.54) is 5.56 Å². The Labute approximate surface area is 211 Å². The number of aliphatic carboxylic acids is 1. The van der Waals surface area contributed by atoms with E-state index < -0.39 is 5.97 Å². The van der Waals surface area contributed by atoms with Crippen molar-refractivity contribution in [1.29, 1.82) is 0 Å². The molecule has 4 rings (SSSR count). The predicted molar refractivity (Wildman–Crippen MR) is 147 cm³/mol. The summed E-state index contributed by atoms with van der Waals surface area (Å²) in [6.45, 7) is 6.09. The number of allylic oxidation sites excluding steroid dienone is 1. The second-order valence-electron chi connectivity index (χ2n) is 8.85. The van der Waals surface area contributed by atoms with Gasteiger partial charge in [0.2, 0.25) is 0 Å². The lowest BCUT2D eigenvalue weighted by Crippen LogP contribution is -2.08. The van der Waals surface area contributed by atoms with E-state index in [0.29, 0.717) is 5.02 Å². The fraction of sp³-hybridized carbons (Fsp3) is 0.161. The molecule has 0 saturated carbocycles. The standard InChI is InChI=1S/C31H28ClNO2/c1-21(2)29-9-4-3-7-23(29)11-12-26(19-31(34)35)25-8-5-6-22(18-25)10-16-28-17-14-24-13-15-27(32)20-30(24)33-28/h3-10,13-18,20,26H,1,11-12,19H2,2H3,(H,34,35)/b16-10+/t26-/m0/s1. The number of benzene rings is 3. The van der Waals surface area contributed by atoms with Crippen molar-refractivity contribution in [2.45, 2.75) is 32.1 Å². The summed E-state index contributed by atoms with van der Waals surface area (Å²) >= 11 is 6.11. The summed E-state index contributed by atoms with van der Waals surface area (Å²) < 4.78 is 0. The van der Waals surface area contributed by atoms with Crippen molar-refractivity contribution in [1.82, 2.24) is 4.98 Å². The van der Waals surface area contributed by atoms with E-state index in [1.807, 2.05) is 79.7 Å². The van der Waals surface area contributed by atoms with Gasteiger partial charge in [-0.05, 0) is 72.2 Å². The molecule has 3 nitrogen and oxygen atoms in total. The smallest absolute Gasteiger partial charge is 0.303 e. The van der Waals surface area contributed by atoms with Gasteiger partial charge in [-0.2, -0.15) is 0 Å². The number of halogens is 1. The third-order valence-electron chi connectivity index (χ3n) is 6.16. The van der Waals surface area contributed by atoms with Crippen LogP contribution in [0.5, 0.6) is 0 Å². The minimum Gasteiger partial charge on any atom is -0.481 e. The molecule has 4 aromatic rings. The average Bonchev–Trinajstić information content (AvgIpc) is 2.85. The molecule has 0 aliphatic rings. The summed E-state index contributed by atoms with van der Waals surface area (Å²) in [5.74, 6) is -0.872. The Balaban J connectivity index is 1.54. The van der Waals surface area contributed by atoms with Crippen LogP contribution in [-0.2, 0) is 11.2 Å². The Hall–Kier alpha value is -3.69. The molecule has 1 heterocycles. The molecule has 0 saturated heterocycles. The van der Waals surface area contributed by atoms with Gasteiger partial charge in [0.25, 0.3) is 0 Å². The van der Waals surface area contributed by atoms with Crippen LogP contribution in [0.25, 0.3) is 28.6 Å². The molecule has 0 radical (unpaired) electrons. The summed E-state index contributed by atoms with van der Waals surface area (Å²) in [6.07, 6.45) is 5.61. The highest BCUT2D eigenvalue weighted by molar-refractivity contribution is 6.31. The van der Waals surface area contributed by atoms with Gasteiger partial charge in [0.15, 0.2) is 0 Å². The predicted octanol–water partition coefficient (Wildman–Crippen LogP) is 8.28. The third-order valence-corrected chi connectivity index (χ3v) is 6.40. The molecule has 35 heavy (non-hydrogen) atoms. The largest absolute Gasteiger partial charge is 0.481 e. The van der Waals surface area contributed by atoms with Crippen LogP contribution in [0.15, 0.2) is 85.4 Å². The molecule has 0 spiro atoms. The van der Waals surface area contributed by atoms with Crippen LogP contribution in [0.1, 0.15) is 53.6 Å². The summed E-state index contributed by atoms with van der Waals surface area (Å²) in [5, 5.41) is 11.3. The molecule has 1 atom stereocenters. The van der Waals surface area contributed by atoms with Gasteiger partial charge in [-0.25, -0.2) is 4.98 Å². The Kier molecular flexibility index (Phi) is 7.79. The minimum atomic E-state index is -0.789. The van der Waals surface area contributed by atoms with Crippen LogP contribution in [0, 0.1) is 0 Å². The molecule has 0 amide bonds. The van der Waals surface area contributed by atoms with Gasteiger partial charge < -0.3 is 5.11 Å². The van der Waals surface area contributed by atoms with Gasteiger partial charge in [-0.1, -0.05) is 90.5 Å². The first kappa shape index (κ1) is 24.4. The number of hydrogen-bond acceptors (Lipinski definition) is 2. The first-order valence-corrected chi connectivity index (χ1v) is 12.1. The molecule has 176 valence electrons. The second kappa shape index (κ2) is 11.2. The third kappa shape index (κ3) is 6.46.